The zero-order chi connectivity index (χ0) is 27.2. The monoisotopic (exact) mass is 558 g/mol. The van der Waals surface area contributed by atoms with Gasteiger partial charge in [-0.2, -0.15) is 5.10 Å². The Hall–Kier alpha value is -3.69. The quantitative estimate of drug-likeness (QED) is 0.117. The molecule has 9 heteroatoms. The summed E-state index contributed by atoms with van der Waals surface area (Å²) in [5.41, 5.74) is 6.29. The first-order valence-electron chi connectivity index (χ1n) is 13.0. The molecule has 0 spiro atoms. The molecular formula is C30H30N4O3S2. The number of allylic oxidation sites excluding steroid dienone is 1. The van der Waals surface area contributed by atoms with Crippen LogP contribution in [0.4, 0.5) is 0 Å². The van der Waals surface area contributed by atoms with Crippen LogP contribution >= 0.6 is 23.1 Å². The molecule has 0 saturated carbocycles. The highest BCUT2D eigenvalue weighted by Crippen LogP contribution is 2.35. The summed E-state index contributed by atoms with van der Waals surface area (Å²) in [6.07, 6.45) is 7.71. The molecule has 1 N–H and O–H groups in total. The van der Waals surface area contributed by atoms with Gasteiger partial charge in [-0.25, -0.2) is 10.4 Å². The normalized spacial score (nSPS) is 13.5. The van der Waals surface area contributed by atoms with Gasteiger partial charge in [0.1, 0.15) is 10.6 Å². The van der Waals surface area contributed by atoms with Crippen molar-refractivity contribution in [3.63, 3.8) is 0 Å². The van der Waals surface area contributed by atoms with E-state index in [1.807, 2.05) is 74.5 Å². The van der Waals surface area contributed by atoms with Gasteiger partial charge in [-0.05, 0) is 80.5 Å². The van der Waals surface area contributed by atoms with E-state index in [1.165, 1.54) is 16.6 Å². The molecule has 0 aliphatic heterocycles. The molecule has 1 amide bonds. The molecule has 7 nitrogen and oxygen atoms in total. The molecule has 1 aliphatic rings. The van der Waals surface area contributed by atoms with E-state index < -0.39 is 0 Å². The number of aryl methyl sites for hydroxylation is 2. The highest BCUT2D eigenvalue weighted by atomic mass is 32.2. The zero-order valence-corrected chi connectivity index (χ0v) is 23.6. The molecule has 0 bridgehead atoms. The molecule has 0 unspecified atom stereocenters. The lowest BCUT2D eigenvalue weighted by Gasteiger charge is -2.14. The highest BCUT2D eigenvalue weighted by molar-refractivity contribution is 7.99. The van der Waals surface area contributed by atoms with Gasteiger partial charge in [-0.15, -0.1) is 11.3 Å². The van der Waals surface area contributed by atoms with E-state index in [0.717, 1.165) is 53.0 Å². The van der Waals surface area contributed by atoms with Crippen LogP contribution in [0.2, 0.25) is 0 Å². The Morgan fingerprint density at radius 2 is 1.92 bits per heavy atom. The summed E-state index contributed by atoms with van der Waals surface area (Å²) in [4.78, 5) is 33.4. The lowest BCUT2D eigenvalue weighted by Crippen LogP contribution is -2.24. The van der Waals surface area contributed by atoms with Gasteiger partial charge in [-0.1, -0.05) is 48.2 Å². The number of thiophene rings is 1. The maximum Gasteiger partial charge on any atom is 0.267 e. The first-order valence-corrected chi connectivity index (χ1v) is 14.8. The third-order valence-corrected chi connectivity index (χ3v) is 8.47. The fourth-order valence-electron chi connectivity index (χ4n) is 4.59. The van der Waals surface area contributed by atoms with Crippen molar-refractivity contribution in [2.75, 3.05) is 12.4 Å². The van der Waals surface area contributed by atoms with E-state index in [0.29, 0.717) is 22.8 Å². The van der Waals surface area contributed by atoms with Crippen LogP contribution in [0.1, 0.15) is 42.7 Å². The van der Waals surface area contributed by atoms with Gasteiger partial charge in [0.05, 0.1) is 29.6 Å². The molecule has 5 rings (SSSR count). The number of carbonyl (C=O) groups is 1. The molecule has 0 saturated heterocycles. The summed E-state index contributed by atoms with van der Waals surface area (Å²) in [6, 6.07) is 17.3. The average Bonchev–Trinajstić information content (AvgIpc) is 3.32. The molecule has 200 valence electrons. The lowest BCUT2D eigenvalue weighted by atomic mass is 9.97. The van der Waals surface area contributed by atoms with Crippen molar-refractivity contribution in [1.82, 2.24) is 15.0 Å². The summed E-state index contributed by atoms with van der Waals surface area (Å²) in [5.74, 6) is 0.528. The number of nitrogens with zero attached hydrogens (tertiary/aromatic N) is 3. The number of carbonyl (C=O) groups excluding carboxylic acids is 1. The topological polar surface area (TPSA) is 85.6 Å². The Balaban J connectivity index is 1.38. The number of rotatable bonds is 9. The molecule has 0 fully saturated rings. The Kier molecular flexibility index (Phi) is 8.58. The minimum Gasteiger partial charge on any atom is -0.494 e. The molecular weight excluding hydrogens is 528 g/mol. The van der Waals surface area contributed by atoms with Gasteiger partial charge in [0.2, 0.25) is 0 Å². The standard InChI is InChI=1S/C30H30N4O3S2/c1-3-37-23-15-13-22(14-16-23)34-29(36)27-24-11-7-8-12-25(24)39-28(27)32-30(34)38-19-26(35)33-31-18-20(2)17-21-9-5-4-6-10-21/h4-6,9-10,13-18H,3,7-8,11-12,19H2,1-2H3,(H,33,35). The van der Waals surface area contributed by atoms with Crippen molar-refractivity contribution in [2.45, 2.75) is 44.7 Å². The van der Waals surface area contributed by atoms with E-state index in [2.05, 4.69) is 10.5 Å². The maximum absolute atomic E-state index is 13.9. The summed E-state index contributed by atoms with van der Waals surface area (Å²) in [5, 5.41) is 5.28. The van der Waals surface area contributed by atoms with Crippen LogP contribution in [0.5, 0.6) is 5.75 Å². The Labute approximate surface area is 235 Å². The highest BCUT2D eigenvalue weighted by Gasteiger charge is 2.23. The van der Waals surface area contributed by atoms with E-state index in [1.54, 1.807) is 22.1 Å². The molecule has 39 heavy (non-hydrogen) atoms. The number of thioether (sulfide) groups is 1. The molecule has 2 heterocycles. The number of nitrogens with one attached hydrogen (secondary N) is 1. The van der Waals surface area contributed by atoms with Crippen molar-refractivity contribution in [1.29, 1.82) is 0 Å². The summed E-state index contributed by atoms with van der Waals surface area (Å²) >= 11 is 2.83. The second-order valence-corrected chi connectivity index (χ2v) is 11.3. The third kappa shape index (κ3) is 6.32. The van der Waals surface area contributed by atoms with E-state index in [-0.39, 0.29) is 17.2 Å². The molecule has 1 aliphatic carbocycles. The number of aromatic nitrogens is 2. The van der Waals surface area contributed by atoms with Crippen LogP contribution in [0.25, 0.3) is 22.0 Å². The first kappa shape index (κ1) is 26.9. The smallest absolute Gasteiger partial charge is 0.267 e. The minimum absolute atomic E-state index is 0.0683. The van der Waals surface area contributed by atoms with Gasteiger partial charge >= 0.3 is 0 Å². The van der Waals surface area contributed by atoms with Crippen molar-refractivity contribution in [3.05, 3.63) is 86.5 Å². The molecule has 0 radical (unpaired) electrons. The number of hydrogen-bond acceptors (Lipinski definition) is 7. The lowest BCUT2D eigenvalue weighted by molar-refractivity contribution is -0.118. The largest absolute Gasteiger partial charge is 0.494 e. The second-order valence-electron chi connectivity index (χ2n) is 9.23. The average molecular weight is 559 g/mol. The fraction of sp³-hybridized carbons (Fsp3) is 0.267. The van der Waals surface area contributed by atoms with E-state index in [9.17, 15) is 9.59 Å². The number of hydrogen-bond donors (Lipinski definition) is 1. The predicted octanol–water partition coefficient (Wildman–Crippen LogP) is 6.02. The number of benzene rings is 2. The molecule has 2 aromatic carbocycles. The molecule has 0 atom stereocenters. The number of hydrazone groups is 1. The summed E-state index contributed by atoms with van der Waals surface area (Å²) < 4.78 is 7.20. The Morgan fingerprint density at radius 1 is 1.15 bits per heavy atom. The summed E-state index contributed by atoms with van der Waals surface area (Å²) in [6.45, 7) is 4.42. The van der Waals surface area contributed by atoms with Crippen LogP contribution in [-0.4, -0.2) is 34.0 Å². The Bertz CT molecular complexity index is 1590. The molecule has 2 aromatic heterocycles. The van der Waals surface area contributed by atoms with Crippen molar-refractivity contribution < 1.29 is 9.53 Å². The van der Waals surface area contributed by atoms with Gasteiger partial charge < -0.3 is 4.74 Å². The number of fused-ring (bicyclic) bond motifs is 3. The van der Waals surface area contributed by atoms with Crippen LogP contribution in [0, 0.1) is 0 Å². The van der Waals surface area contributed by atoms with E-state index >= 15 is 0 Å². The fourth-order valence-corrected chi connectivity index (χ4v) is 6.69. The van der Waals surface area contributed by atoms with Gasteiger partial charge in [0, 0.05) is 4.88 Å². The predicted molar refractivity (Wildman–Crippen MR) is 160 cm³/mol. The minimum atomic E-state index is -0.276. The van der Waals surface area contributed by atoms with Crippen LogP contribution in [0.3, 0.4) is 0 Å². The maximum atomic E-state index is 13.9. The van der Waals surface area contributed by atoms with Crippen LogP contribution < -0.4 is 15.7 Å². The van der Waals surface area contributed by atoms with Crippen LogP contribution in [0.15, 0.2) is 75.2 Å². The Morgan fingerprint density at radius 3 is 2.69 bits per heavy atom. The first-order chi connectivity index (χ1) is 19.0. The number of amides is 1. The second kappa shape index (κ2) is 12.4. The zero-order valence-electron chi connectivity index (χ0n) is 22.0. The van der Waals surface area contributed by atoms with Crippen molar-refractivity contribution >= 4 is 51.5 Å². The van der Waals surface area contributed by atoms with Crippen molar-refractivity contribution in [2.24, 2.45) is 5.10 Å². The third-order valence-electron chi connectivity index (χ3n) is 6.35. The van der Waals surface area contributed by atoms with Crippen molar-refractivity contribution in [3.8, 4) is 11.4 Å². The van der Waals surface area contributed by atoms with Gasteiger partial charge in [0.25, 0.3) is 11.5 Å². The van der Waals surface area contributed by atoms with Gasteiger partial charge in [-0.3, -0.25) is 14.2 Å². The summed E-state index contributed by atoms with van der Waals surface area (Å²) in [7, 11) is 0. The van der Waals surface area contributed by atoms with Gasteiger partial charge in [0.15, 0.2) is 5.16 Å². The van der Waals surface area contributed by atoms with E-state index in [4.69, 9.17) is 9.72 Å². The van der Waals surface area contributed by atoms with Crippen LogP contribution in [-0.2, 0) is 17.6 Å². The molecule has 4 aromatic rings. The SMILES string of the molecule is CCOc1ccc(-n2c(SCC(=O)NN=CC(C)=Cc3ccccc3)nc3sc4c(c3c2=O)CCCC4)cc1. The number of ether oxygens (including phenoxy) is 1.